The molecule has 0 radical (unpaired) electrons. The molecule has 5 rings (SSSR count). The summed E-state index contributed by atoms with van der Waals surface area (Å²) in [5.41, 5.74) is 3.67. The first-order chi connectivity index (χ1) is 15.7. The predicted octanol–water partition coefficient (Wildman–Crippen LogP) is 5.56. The Balaban J connectivity index is 1.38. The second-order valence-corrected chi connectivity index (χ2v) is 8.99. The zero-order chi connectivity index (χ0) is 22.1. The lowest BCUT2D eigenvalue weighted by molar-refractivity contribution is 0.0882. The highest BCUT2D eigenvalue weighted by molar-refractivity contribution is 7.09. The number of anilines is 1. The molecule has 0 atom stereocenters. The van der Waals surface area contributed by atoms with Crippen molar-refractivity contribution >= 4 is 28.9 Å². The van der Waals surface area contributed by atoms with Crippen molar-refractivity contribution < 1.29 is 14.3 Å². The first-order valence-corrected chi connectivity index (χ1v) is 11.9. The highest BCUT2D eigenvalue weighted by Gasteiger charge is 2.33. The minimum atomic E-state index is -0.0778. The van der Waals surface area contributed by atoms with E-state index >= 15 is 0 Å². The summed E-state index contributed by atoms with van der Waals surface area (Å²) in [6, 6.07) is 16.1. The van der Waals surface area contributed by atoms with E-state index in [-0.39, 0.29) is 5.78 Å². The molecule has 0 spiro atoms. The summed E-state index contributed by atoms with van der Waals surface area (Å²) in [6.07, 6.45) is 1.83. The van der Waals surface area contributed by atoms with Crippen LogP contribution in [-0.2, 0) is 13.1 Å². The van der Waals surface area contributed by atoms with E-state index < -0.39 is 0 Å². The van der Waals surface area contributed by atoms with Crippen LogP contribution in [0.5, 0.6) is 11.5 Å². The van der Waals surface area contributed by atoms with E-state index in [4.69, 9.17) is 9.47 Å². The van der Waals surface area contributed by atoms with Gasteiger partial charge in [-0.2, -0.15) is 0 Å². The number of nitrogens with zero attached hydrogens (tertiary/aromatic N) is 2. The van der Waals surface area contributed by atoms with Gasteiger partial charge in [-0.15, -0.1) is 11.3 Å². The van der Waals surface area contributed by atoms with Crippen LogP contribution in [0.25, 0.3) is 6.08 Å². The first-order valence-electron chi connectivity index (χ1n) is 11.0. The second-order valence-electron chi connectivity index (χ2n) is 7.96. The smallest absolute Gasteiger partial charge is 0.231 e. The van der Waals surface area contributed by atoms with Crippen LogP contribution in [0.4, 0.5) is 5.69 Å². The Hall–Kier alpha value is -3.09. The molecule has 2 aliphatic rings. The van der Waals surface area contributed by atoms with Gasteiger partial charge in [-0.25, -0.2) is 0 Å². The number of benzene rings is 2. The van der Waals surface area contributed by atoms with Crippen molar-refractivity contribution in [3.05, 3.63) is 81.2 Å². The number of Topliss-reactive ketones (excluding diaryl/α,β-unsaturated/α-hetero) is 1. The zero-order valence-electron chi connectivity index (χ0n) is 18.3. The molecule has 0 saturated carbocycles. The average Bonchev–Trinajstić information content (AvgIpc) is 3.44. The molecule has 2 aromatic carbocycles. The third-order valence-electron chi connectivity index (χ3n) is 5.96. The maximum Gasteiger partial charge on any atom is 0.231 e. The van der Waals surface area contributed by atoms with Crippen LogP contribution in [0.1, 0.15) is 40.2 Å². The maximum atomic E-state index is 13.0. The number of carbonyl (C=O) groups is 1. The summed E-state index contributed by atoms with van der Waals surface area (Å²) in [4.78, 5) is 18.8. The van der Waals surface area contributed by atoms with E-state index in [9.17, 15) is 4.79 Å². The molecule has 0 unspecified atom stereocenters. The van der Waals surface area contributed by atoms with E-state index in [1.807, 2.05) is 30.3 Å². The highest BCUT2D eigenvalue weighted by atomic mass is 32.1. The molecule has 5 nitrogen and oxygen atoms in total. The van der Waals surface area contributed by atoms with E-state index in [1.165, 1.54) is 10.6 Å². The van der Waals surface area contributed by atoms with Gasteiger partial charge in [-0.05, 0) is 61.2 Å². The summed E-state index contributed by atoms with van der Waals surface area (Å²) in [5.74, 6) is 1.71. The minimum absolute atomic E-state index is 0.0778. The number of hydrogen-bond donors (Lipinski definition) is 0. The lowest BCUT2D eigenvalue weighted by Gasteiger charge is -2.29. The maximum absolute atomic E-state index is 13.0. The fourth-order valence-corrected chi connectivity index (χ4v) is 5.00. The standard InChI is InChI=1S/C26H26N2O3S/c1-3-28(4-2)19-9-7-18(8-10-19)14-24-25(29)21-11-12-23-22(26(21)31-24)16-27(17-30-23)15-20-6-5-13-32-20/h5-14H,3-4,15-17H2,1-2H3/b24-14-. The summed E-state index contributed by atoms with van der Waals surface area (Å²) >= 11 is 1.74. The van der Waals surface area contributed by atoms with Gasteiger partial charge in [-0.3, -0.25) is 9.69 Å². The summed E-state index contributed by atoms with van der Waals surface area (Å²) in [6.45, 7) is 8.25. The van der Waals surface area contributed by atoms with Crippen LogP contribution in [0, 0.1) is 0 Å². The second kappa shape index (κ2) is 8.81. The molecular weight excluding hydrogens is 420 g/mol. The molecule has 3 aromatic rings. The summed E-state index contributed by atoms with van der Waals surface area (Å²) < 4.78 is 12.1. The Morgan fingerprint density at radius 2 is 1.91 bits per heavy atom. The Bertz CT molecular complexity index is 1150. The van der Waals surface area contributed by atoms with Gasteiger partial charge in [0.05, 0.1) is 11.1 Å². The van der Waals surface area contributed by atoms with Crippen molar-refractivity contribution in [3.63, 3.8) is 0 Å². The molecule has 0 amide bonds. The number of ketones is 1. The van der Waals surface area contributed by atoms with Gasteiger partial charge in [0.1, 0.15) is 18.2 Å². The predicted molar refractivity (Wildman–Crippen MR) is 128 cm³/mol. The molecule has 0 aliphatic carbocycles. The van der Waals surface area contributed by atoms with E-state index in [1.54, 1.807) is 11.3 Å². The lowest BCUT2D eigenvalue weighted by atomic mass is 10.0. The Labute approximate surface area is 192 Å². The number of allylic oxidation sites excluding steroid dienone is 1. The fourth-order valence-electron chi connectivity index (χ4n) is 4.25. The fraction of sp³-hybridized carbons (Fsp3) is 0.269. The minimum Gasteiger partial charge on any atom is -0.478 e. The van der Waals surface area contributed by atoms with Gasteiger partial charge >= 0.3 is 0 Å². The number of hydrogen-bond acceptors (Lipinski definition) is 6. The molecule has 164 valence electrons. The Kier molecular flexibility index (Phi) is 5.72. The van der Waals surface area contributed by atoms with Crippen LogP contribution in [0.2, 0.25) is 0 Å². The van der Waals surface area contributed by atoms with Gasteiger partial charge in [0.15, 0.2) is 5.76 Å². The molecule has 0 fully saturated rings. The normalized spacial score (nSPS) is 16.4. The SMILES string of the molecule is CCN(CC)c1ccc(/C=C2\Oc3c(ccc4c3CN(Cc3cccs3)CO4)C2=O)cc1. The van der Waals surface area contributed by atoms with Crippen molar-refractivity contribution in [2.45, 2.75) is 26.9 Å². The van der Waals surface area contributed by atoms with E-state index in [0.717, 1.165) is 36.5 Å². The molecule has 0 bridgehead atoms. The van der Waals surface area contributed by atoms with E-state index in [0.29, 0.717) is 30.3 Å². The topological polar surface area (TPSA) is 42.0 Å². The molecule has 32 heavy (non-hydrogen) atoms. The van der Waals surface area contributed by atoms with Crippen LogP contribution in [-0.4, -0.2) is 30.5 Å². The van der Waals surface area contributed by atoms with Gasteiger partial charge < -0.3 is 14.4 Å². The quantitative estimate of drug-likeness (QED) is 0.464. The molecule has 3 heterocycles. The number of rotatable bonds is 6. The van der Waals surface area contributed by atoms with Gasteiger partial charge in [-0.1, -0.05) is 18.2 Å². The van der Waals surface area contributed by atoms with Gasteiger partial charge in [0.25, 0.3) is 0 Å². The van der Waals surface area contributed by atoms with Crippen molar-refractivity contribution in [2.24, 2.45) is 0 Å². The van der Waals surface area contributed by atoms with Crippen LogP contribution in [0.3, 0.4) is 0 Å². The number of ether oxygens (including phenoxy) is 2. The lowest BCUT2D eigenvalue weighted by Crippen LogP contribution is -2.31. The third-order valence-corrected chi connectivity index (χ3v) is 6.82. The van der Waals surface area contributed by atoms with E-state index in [2.05, 4.69) is 53.3 Å². The van der Waals surface area contributed by atoms with Gasteiger partial charge in [0, 0.05) is 36.7 Å². The molecule has 6 heteroatoms. The van der Waals surface area contributed by atoms with Crippen molar-refractivity contribution in [2.75, 3.05) is 24.7 Å². The first kappa shape index (κ1) is 20.8. The number of carbonyl (C=O) groups excluding carboxylic acids is 1. The third kappa shape index (κ3) is 3.92. The average molecular weight is 447 g/mol. The Morgan fingerprint density at radius 3 is 2.62 bits per heavy atom. The highest BCUT2D eigenvalue weighted by Crippen LogP contribution is 2.42. The Morgan fingerprint density at radius 1 is 1.09 bits per heavy atom. The van der Waals surface area contributed by atoms with Gasteiger partial charge in [0.2, 0.25) is 5.78 Å². The molecule has 1 aromatic heterocycles. The van der Waals surface area contributed by atoms with Crippen molar-refractivity contribution in [3.8, 4) is 11.5 Å². The summed E-state index contributed by atoms with van der Waals surface area (Å²) in [7, 11) is 0. The molecule has 0 saturated heterocycles. The van der Waals surface area contributed by atoms with Crippen molar-refractivity contribution in [1.29, 1.82) is 0 Å². The zero-order valence-corrected chi connectivity index (χ0v) is 19.2. The van der Waals surface area contributed by atoms with Crippen molar-refractivity contribution in [1.82, 2.24) is 4.90 Å². The largest absolute Gasteiger partial charge is 0.478 e. The van der Waals surface area contributed by atoms with Crippen LogP contribution < -0.4 is 14.4 Å². The number of fused-ring (bicyclic) bond motifs is 3. The summed E-state index contributed by atoms with van der Waals surface area (Å²) in [5, 5.41) is 2.08. The molecular formula is C26H26N2O3S. The molecule has 0 N–H and O–H groups in total. The molecule has 2 aliphatic heterocycles. The monoisotopic (exact) mass is 446 g/mol. The van der Waals surface area contributed by atoms with Crippen LogP contribution >= 0.6 is 11.3 Å². The number of thiophene rings is 1. The van der Waals surface area contributed by atoms with Crippen LogP contribution in [0.15, 0.2) is 59.7 Å².